The molecule has 1 aromatic rings. The van der Waals surface area contributed by atoms with Crippen LogP contribution in [-0.2, 0) is 21.8 Å². The van der Waals surface area contributed by atoms with E-state index in [-0.39, 0.29) is 11.2 Å². The van der Waals surface area contributed by atoms with Crippen LogP contribution in [0.2, 0.25) is 0 Å². The summed E-state index contributed by atoms with van der Waals surface area (Å²) in [5.41, 5.74) is 1.13. The first-order valence-corrected chi connectivity index (χ1v) is 10.6. The lowest BCUT2D eigenvalue weighted by molar-refractivity contribution is 0.353. The molecule has 136 valence electrons. The highest BCUT2D eigenvalue weighted by molar-refractivity contribution is 7.92. The van der Waals surface area contributed by atoms with Gasteiger partial charge in [0.25, 0.3) is 0 Å². The Bertz CT molecular complexity index is 715. The molecule has 8 heteroatoms. The van der Waals surface area contributed by atoms with E-state index < -0.39 is 14.6 Å². The van der Waals surface area contributed by atoms with Gasteiger partial charge in [-0.25, -0.2) is 13.4 Å². The number of aromatic nitrogens is 1. The smallest absolute Gasteiger partial charge is 0.194 e. The van der Waals surface area contributed by atoms with Crippen LogP contribution in [0, 0.1) is 0 Å². The predicted molar refractivity (Wildman–Crippen MR) is 100 cm³/mol. The fourth-order valence-corrected chi connectivity index (χ4v) is 4.87. The number of thiazole rings is 1. The quantitative estimate of drug-likeness (QED) is 0.635. The van der Waals surface area contributed by atoms with Gasteiger partial charge in [-0.2, -0.15) is 0 Å². The molecule has 24 heavy (non-hydrogen) atoms. The van der Waals surface area contributed by atoms with E-state index >= 15 is 0 Å². The van der Waals surface area contributed by atoms with E-state index in [0.717, 1.165) is 16.7 Å². The van der Waals surface area contributed by atoms with Crippen LogP contribution in [0.5, 0.6) is 0 Å². The summed E-state index contributed by atoms with van der Waals surface area (Å²) in [7, 11) is -1.33. The van der Waals surface area contributed by atoms with Gasteiger partial charge in [-0.1, -0.05) is 20.8 Å². The Morgan fingerprint density at radius 2 is 2.12 bits per heavy atom. The van der Waals surface area contributed by atoms with E-state index in [1.165, 1.54) is 0 Å². The van der Waals surface area contributed by atoms with Gasteiger partial charge in [-0.15, -0.1) is 11.3 Å². The molecule has 1 aliphatic rings. The highest BCUT2D eigenvalue weighted by Gasteiger charge is 2.40. The minimum absolute atomic E-state index is 0.0433. The molecular formula is C16H28N4O2S2. The summed E-state index contributed by atoms with van der Waals surface area (Å²) in [4.78, 5) is 11.0. The highest BCUT2D eigenvalue weighted by atomic mass is 32.2. The van der Waals surface area contributed by atoms with Gasteiger partial charge in [0.1, 0.15) is 5.01 Å². The Morgan fingerprint density at radius 1 is 1.46 bits per heavy atom. The SMILES string of the molecule is CN=C(NCc1nc(C(C)(C)C)cs1)N1CCS(=O)(=O)C(C)(C)C1. The van der Waals surface area contributed by atoms with E-state index in [4.69, 9.17) is 0 Å². The molecule has 2 heterocycles. The number of aliphatic imine (C=N–C) groups is 1. The second kappa shape index (κ2) is 6.63. The Balaban J connectivity index is 2.02. The van der Waals surface area contributed by atoms with Gasteiger partial charge < -0.3 is 10.2 Å². The molecule has 1 saturated heterocycles. The van der Waals surface area contributed by atoms with Crippen LogP contribution in [0.1, 0.15) is 45.3 Å². The Kier molecular flexibility index (Phi) is 5.30. The second-order valence-electron chi connectivity index (χ2n) is 7.78. The molecule has 0 amide bonds. The molecule has 0 spiro atoms. The third-order valence-electron chi connectivity index (χ3n) is 4.27. The largest absolute Gasteiger partial charge is 0.350 e. The number of hydrogen-bond acceptors (Lipinski definition) is 5. The first-order valence-electron chi connectivity index (χ1n) is 8.09. The van der Waals surface area contributed by atoms with Gasteiger partial charge in [0.2, 0.25) is 0 Å². The van der Waals surface area contributed by atoms with Crippen molar-refractivity contribution in [2.24, 2.45) is 4.99 Å². The highest BCUT2D eigenvalue weighted by Crippen LogP contribution is 2.25. The van der Waals surface area contributed by atoms with Crippen LogP contribution in [0.4, 0.5) is 0 Å². The van der Waals surface area contributed by atoms with Crippen molar-refractivity contribution in [3.8, 4) is 0 Å². The first-order chi connectivity index (χ1) is 11.0. The monoisotopic (exact) mass is 372 g/mol. The van der Waals surface area contributed by atoms with Crippen molar-refractivity contribution in [3.05, 3.63) is 16.1 Å². The van der Waals surface area contributed by atoms with Crippen molar-refractivity contribution in [3.63, 3.8) is 0 Å². The molecular weight excluding hydrogens is 344 g/mol. The summed E-state index contributed by atoms with van der Waals surface area (Å²) in [6, 6.07) is 0. The van der Waals surface area contributed by atoms with E-state index in [9.17, 15) is 8.42 Å². The summed E-state index contributed by atoms with van der Waals surface area (Å²) in [6.07, 6.45) is 0. The number of sulfone groups is 1. The molecule has 0 bridgehead atoms. The molecule has 1 aromatic heterocycles. The zero-order chi connectivity index (χ0) is 18.2. The number of nitrogens with zero attached hydrogens (tertiary/aromatic N) is 3. The maximum atomic E-state index is 12.1. The van der Waals surface area contributed by atoms with Crippen LogP contribution < -0.4 is 5.32 Å². The summed E-state index contributed by atoms with van der Waals surface area (Å²) in [6.45, 7) is 11.5. The minimum Gasteiger partial charge on any atom is -0.350 e. The average Bonchev–Trinajstić information content (AvgIpc) is 2.92. The summed E-state index contributed by atoms with van der Waals surface area (Å²) in [5, 5.41) is 6.41. The standard InChI is InChI=1S/C16H28N4O2S2/c1-15(2,3)12-10-23-13(19-12)9-18-14(17-6)20-7-8-24(21,22)16(4,5)11-20/h10H,7-9,11H2,1-6H3,(H,17,18). The van der Waals surface area contributed by atoms with Gasteiger partial charge in [0.05, 0.1) is 22.7 Å². The third-order valence-corrected chi connectivity index (χ3v) is 7.65. The van der Waals surface area contributed by atoms with E-state index in [0.29, 0.717) is 19.6 Å². The van der Waals surface area contributed by atoms with E-state index in [1.54, 1.807) is 32.2 Å². The maximum absolute atomic E-state index is 12.1. The predicted octanol–water partition coefficient (Wildman–Crippen LogP) is 2.03. The first kappa shape index (κ1) is 19.2. The Hall–Kier alpha value is -1.15. The zero-order valence-corrected chi connectivity index (χ0v) is 17.0. The van der Waals surface area contributed by atoms with Crippen LogP contribution in [0.25, 0.3) is 0 Å². The van der Waals surface area contributed by atoms with Crippen LogP contribution in [0.3, 0.4) is 0 Å². The second-order valence-corrected chi connectivity index (χ2v) is 11.5. The maximum Gasteiger partial charge on any atom is 0.194 e. The van der Waals surface area contributed by atoms with E-state index in [1.807, 2.05) is 4.90 Å². The Morgan fingerprint density at radius 3 is 2.62 bits per heavy atom. The van der Waals surface area contributed by atoms with Crippen molar-refractivity contribution in [1.29, 1.82) is 0 Å². The van der Waals surface area contributed by atoms with Crippen molar-refractivity contribution in [1.82, 2.24) is 15.2 Å². The molecule has 6 nitrogen and oxygen atoms in total. The van der Waals surface area contributed by atoms with Gasteiger partial charge in [-0.05, 0) is 13.8 Å². The minimum atomic E-state index is -3.05. The molecule has 1 aliphatic heterocycles. The fourth-order valence-electron chi connectivity index (χ4n) is 2.55. The average molecular weight is 373 g/mol. The zero-order valence-electron chi connectivity index (χ0n) is 15.4. The molecule has 0 unspecified atom stereocenters. The number of hydrogen-bond donors (Lipinski definition) is 1. The lowest BCUT2D eigenvalue weighted by Gasteiger charge is -2.39. The van der Waals surface area contributed by atoms with Crippen molar-refractivity contribution < 1.29 is 8.42 Å². The van der Waals surface area contributed by atoms with E-state index in [2.05, 4.69) is 41.4 Å². The summed E-state index contributed by atoms with van der Waals surface area (Å²) < 4.78 is 23.5. The van der Waals surface area contributed by atoms with Gasteiger partial charge >= 0.3 is 0 Å². The molecule has 0 atom stereocenters. The van der Waals surface area contributed by atoms with Crippen LogP contribution in [-0.4, -0.2) is 54.9 Å². The Labute approximate surface area is 149 Å². The molecule has 2 rings (SSSR count). The summed E-state index contributed by atoms with van der Waals surface area (Å²) in [5.74, 6) is 0.886. The van der Waals surface area contributed by atoms with Gasteiger partial charge in [0.15, 0.2) is 15.8 Å². The molecule has 1 fully saturated rings. The van der Waals surface area contributed by atoms with Crippen LogP contribution >= 0.6 is 11.3 Å². The molecule has 0 aliphatic carbocycles. The topological polar surface area (TPSA) is 74.7 Å². The van der Waals surface area contributed by atoms with Gasteiger partial charge in [-0.3, -0.25) is 4.99 Å². The molecule has 1 N–H and O–H groups in total. The lowest BCUT2D eigenvalue weighted by atomic mass is 9.93. The van der Waals surface area contributed by atoms with Crippen molar-refractivity contribution in [2.75, 3.05) is 25.9 Å². The third kappa shape index (κ3) is 4.08. The van der Waals surface area contributed by atoms with Gasteiger partial charge in [0, 0.05) is 30.9 Å². The lowest BCUT2D eigenvalue weighted by Crippen LogP contribution is -2.57. The molecule has 0 aromatic carbocycles. The number of guanidine groups is 1. The molecule has 0 radical (unpaired) electrons. The fraction of sp³-hybridized carbons (Fsp3) is 0.750. The van der Waals surface area contributed by atoms with Crippen molar-refractivity contribution >= 4 is 27.1 Å². The normalized spacial score (nSPS) is 20.9. The van der Waals surface area contributed by atoms with Crippen LogP contribution in [0.15, 0.2) is 10.4 Å². The molecule has 0 saturated carbocycles. The summed E-state index contributed by atoms with van der Waals surface area (Å²) >= 11 is 1.63. The number of nitrogens with one attached hydrogen (secondary N) is 1. The number of rotatable bonds is 2. The van der Waals surface area contributed by atoms with Crippen molar-refractivity contribution in [2.45, 2.75) is 51.3 Å².